The van der Waals surface area contributed by atoms with Crippen molar-refractivity contribution in [2.24, 2.45) is 10.2 Å². The standard InChI is InChI=1S/C16H15N5O/c1-11-4-5-17-10-15(11)21-7-6-20(16(21)22)13-3-2-12-9-18-19-14(12)8-13/h2-5,8,10H,6-7,9H2,1H3. The predicted molar refractivity (Wildman–Crippen MR) is 83.7 cm³/mol. The Kier molecular flexibility index (Phi) is 2.89. The molecule has 6 heteroatoms. The summed E-state index contributed by atoms with van der Waals surface area (Å²) in [6.07, 6.45) is 3.48. The van der Waals surface area contributed by atoms with Gasteiger partial charge < -0.3 is 0 Å². The number of aromatic nitrogens is 1. The van der Waals surface area contributed by atoms with Crippen LogP contribution in [0.4, 0.5) is 21.9 Å². The number of rotatable bonds is 2. The fraction of sp³-hybridized carbons (Fsp3) is 0.250. The zero-order chi connectivity index (χ0) is 15.1. The Hall–Kier alpha value is -2.76. The number of hydrogen-bond acceptors (Lipinski definition) is 4. The van der Waals surface area contributed by atoms with Gasteiger partial charge in [-0.15, -0.1) is 0 Å². The van der Waals surface area contributed by atoms with Gasteiger partial charge in [0.1, 0.15) is 0 Å². The summed E-state index contributed by atoms with van der Waals surface area (Å²) in [6, 6.07) is 7.79. The van der Waals surface area contributed by atoms with E-state index in [-0.39, 0.29) is 6.03 Å². The fourth-order valence-electron chi connectivity index (χ4n) is 2.87. The first kappa shape index (κ1) is 12.9. The molecule has 0 N–H and O–H groups in total. The van der Waals surface area contributed by atoms with Crippen LogP contribution in [0, 0.1) is 6.92 Å². The van der Waals surface area contributed by atoms with Gasteiger partial charge in [-0.2, -0.15) is 10.2 Å². The van der Waals surface area contributed by atoms with Gasteiger partial charge in [0.05, 0.1) is 24.1 Å². The summed E-state index contributed by atoms with van der Waals surface area (Å²) in [7, 11) is 0. The van der Waals surface area contributed by atoms with Crippen LogP contribution >= 0.6 is 0 Å². The molecule has 0 radical (unpaired) electrons. The van der Waals surface area contributed by atoms with Crippen molar-refractivity contribution >= 4 is 23.1 Å². The van der Waals surface area contributed by atoms with E-state index in [4.69, 9.17) is 0 Å². The van der Waals surface area contributed by atoms with E-state index in [1.54, 1.807) is 22.2 Å². The van der Waals surface area contributed by atoms with Gasteiger partial charge in [0, 0.05) is 30.5 Å². The van der Waals surface area contributed by atoms with Gasteiger partial charge >= 0.3 is 6.03 Å². The predicted octanol–water partition coefficient (Wildman–Crippen LogP) is 3.43. The fourth-order valence-corrected chi connectivity index (χ4v) is 2.87. The minimum atomic E-state index is -0.0222. The van der Waals surface area contributed by atoms with Crippen LogP contribution in [-0.2, 0) is 6.54 Å². The first-order valence-corrected chi connectivity index (χ1v) is 7.24. The number of carbonyl (C=O) groups is 1. The number of anilines is 2. The lowest BCUT2D eigenvalue weighted by Gasteiger charge is -2.20. The highest BCUT2D eigenvalue weighted by molar-refractivity contribution is 6.06. The average molecular weight is 293 g/mol. The van der Waals surface area contributed by atoms with Crippen molar-refractivity contribution in [3.63, 3.8) is 0 Å². The van der Waals surface area contributed by atoms with Crippen molar-refractivity contribution in [3.05, 3.63) is 47.8 Å². The molecule has 2 aliphatic rings. The van der Waals surface area contributed by atoms with Crippen LogP contribution in [-0.4, -0.2) is 24.1 Å². The van der Waals surface area contributed by atoms with E-state index in [1.165, 1.54) is 0 Å². The number of pyridine rings is 1. The lowest BCUT2D eigenvalue weighted by Crippen LogP contribution is -2.32. The van der Waals surface area contributed by atoms with Gasteiger partial charge in [-0.25, -0.2) is 4.79 Å². The number of nitrogens with zero attached hydrogens (tertiary/aromatic N) is 5. The summed E-state index contributed by atoms with van der Waals surface area (Å²) in [4.78, 5) is 20.4. The molecule has 0 atom stereocenters. The highest BCUT2D eigenvalue weighted by Crippen LogP contribution is 2.33. The smallest absolute Gasteiger partial charge is 0.292 e. The Labute approximate surface area is 128 Å². The number of benzene rings is 1. The molecule has 22 heavy (non-hydrogen) atoms. The largest absolute Gasteiger partial charge is 0.329 e. The summed E-state index contributed by atoms with van der Waals surface area (Å²) < 4.78 is 0. The normalized spacial score (nSPS) is 16.5. The van der Waals surface area contributed by atoms with Crippen molar-refractivity contribution in [1.29, 1.82) is 0 Å². The molecule has 0 saturated carbocycles. The zero-order valence-electron chi connectivity index (χ0n) is 12.2. The SMILES string of the molecule is Cc1ccncc1N1CCN(c2ccc3c(c2)N=NC3)C1=O. The number of azo groups is 1. The second kappa shape index (κ2) is 4.91. The van der Waals surface area contributed by atoms with Crippen LogP contribution in [0.25, 0.3) is 0 Å². The molecule has 6 nitrogen and oxygen atoms in total. The van der Waals surface area contributed by atoms with E-state index in [2.05, 4.69) is 15.2 Å². The lowest BCUT2D eigenvalue weighted by atomic mass is 10.1. The highest BCUT2D eigenvalue weighted by atomic mass is 16.2. The summed E-state index contributed by atoms with van der Waals surface area (Å²) in [5, 5.41) is 8.13. The van der Waals surface area contributed by atoms with Crippen molar-refractivity contribution in [3.8, 4) is 0 Å². The van der Waals surface area contributed by atoms with Crippen LogP contribution in [0.1, 0.15) is 11.1 Å². The Bertz CT molecular complexity index is 786. The van der Waals surface area contributed by atoms with Gasteiger partial charge in [0.2, 0.25) is 0 Å². The van der Waals surface area contributed by atoms with Gasteiger partial charge in [-0.05, 0) is 30.7 Å². The third-order valence-electron chi connectivity index (χ3n) is 4.11. The van der Waals surface area contributed by atoms with Gasteiger partial charge in [0.25, 0.3) is 0 Å². The molecule has 0 spiro atoms. The lowest BCUT2D eigenvalue weighted by molar-refractivity contribution is 0.256. The molecule has 0 aliphatic carbocycles. The molecule has 0 unspecified atom stereocenters. The van der Waals surface area contributed by atoms with Gasteiger partial charge in [0.15, 0.2) is 0 Å². The van der Waals surface area contributed by atoms with Crippen LogP contribution in [0.15, 0.2) is 46.9 Å². The molecule has 2 aliphatic heterocycles. The third kappa shape index (κ3) is 1.95. The van der Waals surface area contributed by atoms with E-state index in [1.807, 2.05) is 31.2 Å². The molecule has 1 saturated heterocycles. The maximum atomic E-state index is 12.7. The molecular weight excluding hydrogens is 278 g/mol. The maximum absolute atomic E-state index is 12.7. The number of aryl methyl sites for hydroxylation is 1. The van der Waals surface area contributed by atoms with Gasteiger partial charge in [-0.3, -0.25) is 14.8 Å². The second-order valence-electron chi connectivity index (χ2n) is 5.46. The first-order valence-electron chi connectivity index (χ1n) is 7.24. The van der Waals surface area contributed by atoms with Gasteiger partial charge in [-0.1, -0.05) is 6.07 Å². The summed E-state index contributed by atoms with van der Waals surface area (Å²) in [5.41, 5.74) is 4.76. The van der Waals surface area contributed by atoms with Crippen molar-refractivity contribution in [1.82, 2.24) is 4.98 Å². The Morgan fingerprint density at radius 3 is 2.86 bits per heavy atom. The molecule has 2 aromatic rings. The van der Waals surface area contributed by atoms with Crippen LogP contribution in [0.5, 0.6) is 0 Å². The number of amides is 2. The van der Waals surface area contributed by atoms with Crippen LogP contribution in [0.2, 0.25) is 0 Å². The molecule has 1 aromatic heterocycles. The van der Waals surface area contributed by atoms with E-state index in [0.717, 1.165) is 28.2 Å². The summed E-state index contributed by atoms with van der Waals surface area (Å²) >= 11 is 0. The van der Waals surface area contributed by atoms with E-state index in [9.17, 15) is 4.79 Å². The molecular formula is C16H15N5O. The van der Waals surface area contributed by atoms with Crippen LogP contribution < -0.4 is 9.80 Å². The monoisotopic (exact) mass is 293 g/mol. The third-order valence-corrected chi connectivity index (χ3v) is 4.11. The van der Waals surface area contributed by atoms with E-state index < -0.39 is 0 Å². The first-order chi connectivity index (χ1) is 10.7. The van der Waals surface area contributed by atoms with Crippen molar-refractivity contribution in [2.45, 2.75) is 13.5 Å². The summed E-state index contributed by atoms with van der Waals surface area (Å²) in [5.74, 6) is 0. The average Bonchev–Trinajstić information content (AvgIpc) is 3.13. The van der Waals surface area contributed by atoms with Crippen LogP contribution in [0.3, 0.4) is 0 Å². The summed E-state index contributed by atoms with van der Waals surface area (Å²) in [6.45, 7) is 3.93. The molecule has 1 aromatic carbocycles. The molecule has 4 rings (SSSR count). The molecule has 110 valence electrons. The Balaban J connectivity index is 1.64. The molecule has 2 amide bonds. The van der Waals surface area contributed by atoms with E-state index in [0.29, 0.717) is 19.6 Å². The minimum Gasteiger partial charge on any atom is -0.292 e. The Morgan fingerprint density at radius 1 is 1.14 bits per heavy atom. The molecule has 1 fully saturated rings. The maximum Gasteiger partial charge on any atom is 0.329 e. The number of urea groups is 1. The number of fused-ring (bicyclic) bond motifs is 1. The minimum absolute atomic E-state index is 0.0222. The number of hydrogen-bond donors (Lipinski definition) is 0. The van der Waals surface area contributed by atoms with Crippen molar-refractivity contribution < 1.29 is 4.79 Å². The number of carbonyl (C=O) groups excluding carboxylic acids is 1. The zero-order valence-corrected chi connectivity index (χ0v) is 12.2. The Morgan fingerprint density at radius 2 is 2.00 bits per heavy atom. The quantitative estimate of drug-likeness (QED) is 0.851. The van der Waals surface area contributed by atoms with Crippen molar-refractivity contribution in [2.75, 3.05) is 22.9 Å². The van der Waals surface area contributed by atoms with E-state index >= 15 is 0 Å². The molecule has 3 heterocycles. The molecule has 0 bridgehead atoms. The second-order valence-corrected chi connectivity index (χ2v) is 5.46. The topological polar surface area (TPSA) is 61.2 Å². The highest BCUT2D eigenvalue weighted by Gasteiger charge is 2.32.